The smallest absolute Gasteiger partial charge is 0.329 e. The minimum Gasteiger partial charge on any atom is -0.496 e. The minimum atomic E-state index is -1.13. The molecule has 1 aromatic rings. The molecule has 0 atom stereocenters. The lowest BCUT2D eigenvalue weighted by Gasteiger charge is -2.11. The van der Waals surface area contributed by atoms with Crippen molar-refractivity contribution < 1.29 is 14.6 Å². The van der Waals surface area contributed by atoms with Crippen LogP contribution in [-0.2, 0) is 4.79 Å². The molecular formula is C13H13NO3. The van der Waals surface area contributed by atoms with Crippen LogP contribution in [-0.4, -0.2) is 18.2 Å². The van der Waals surface area contributed by atoms with Gasteiger partial charge in [-0.1, -0.05) is 0 Å². The molecule has 0 heterocycles. The molecule has 1 N–H and O–H groups in total. The summed E-state index contributed by atoms with van der Waals surface area (Å²) in [6.45, 7) is 3.70. The van der Waals surface area contributed by atoms with E-state index in [4.69, 9.17) is 15.1 Å². The molecule has 0 saturated carbocycles. The van der Waals surface area contributed by atoms with E-state index in [2.05, 4.69) is 0 Å². The molecule has 0 aliphatic carbocycles. The predicted molar refractivity (Wildman–Crippen MR) is 63.7 cm³/mol. The highest BCUT2D eigenvalue weighted by Crippen LogP contribution is 2.27. The van der Waals surface area contributed by atoms with Crippen molar-refractivity contribution in [1.29, 1.82) is 5.26 Å². The van der Waals surface area contributed by atoms with Crippen molar-refractivity contribution in [3.05, 3.63) is 34.9 Å². The molecule has 0 amide bonds. The van der Waals surface area contributed by atoms with Gasteiger partial charge in [-0.15, -0.1) is 0 Å². The van der Waals surface area contributed by atoms with E-state index in [0.717, 1.165) is 23.0 Å². The summed E-state index contributed by atoms with van der Waals surface area (Å²) in [5.41, 5.74) is 2.50. The third-order valence-electron chi connectivity index (χ3n) is 2.64. The molecule has 88 valence electrons. The van der Waals surface area contributed by atoms with Gasteiger partial charge in [-0.25, -0.2) is 4.79 Å². The van der Waals surface area contributed by atoms with Gasteiger partial charge in [0.25, 0.3) is 0 Å². The van der Waals surface area contributed by atoms with Crippen LogP contribution in [0.4, 0.5) is 0 Å². The maximum Gasteiger partial charge on any atom is 0.329 e. The monoisotopic (exact) mass is 231 g/mol. The van der Waals surface area contributed by atoms with E-state index in [1.165, 1.54) is 0 Å². The van der Waals surface area contributed by atoms with E-state index in [-0.39, 0.29) is 5.57 Å². The highest BCUT2D eigenvalue weighted by molar-refractivity contribution is 5.95. The summed E-state index contributed by atoms with van der Waals surface area (Å²) in [7, 11) is 1.57. The summed E-state index contributed by atoms with van der Waals surface area (Å²) in [6, 6.07) is 5.32. The number of aliphatic carboxylic acids is 1. The van der Waals surface area contributed by atoms with Crippen LogP contribution in [0.25, 0.3) is 5.57 Å². The predicted octanol–water partition coefficient (Wildman–Crippen LogP) is 2.30. The van der Waals surface area contributed by atoms with Gasteiger partial charge in [-0.2, -0.15) is 5.26 Å². The normalized spacial score (nSPS) is 10.8. The first-order chi connectivity index (χ1) is 8.01. The second-order valence-corrected chi connectivity index (χ2v) is 3.57. The molecule has 0 fully saturated rings. The number of hydrogen-bond acceptors (Lipinski definition) is 3. The second-order valence-electron chi connectivity index (χ2n) is 3.57. The maximum atomic E-state index is 10.6. The lowest BCUT2D eigenvalue weighted by Crippen LogP contribution is -1.97. The number of benzene rings is 1. The Morgan fingerprint density at radius 3 is 2.53 bits per heavy atom. The Morgan fingerprint density at radius 1 is 1.41 bits per heavy atom. The van der Waals surface area contributed by atoms with Crippen LogP contribution in [0.3, 0.4) is 0 Å². The van der Waals surface area contributed by atoms with Crippen LogP contribution in [0.2, 0.25) is 0 Å². The number of carbonyl (C=O) groups is 1. The van der Waals surface area contributed by atoms with E-state index >= 15 is 0 Å². The Kier molecular flexibility index (Phi) is 3.89. The molecule has 0 aliphatic heterocycles. The Balaban J connectivity index is 3.39. The molecule has 0 aromatic heterocycles. The first kappa shape index (κ1) is 12.8. The molecule has 1 aromatic carbocycles. The summed E-state index contributed by atoms with van der Waals surface area (Å²) in [5, 5.41) is 17.6. The quantitative estimate of drug-likeness (QED) is 0.640. The van der Waals surface area contributed by atoms with Gasteiger partial charge in [0.1, 0.15) is 11.8 Å². The van der Waals surface area contributed by atoms with Gasteiger partial charge < -0.3 is 9.84 Å². The molecule has 0 spiro atoms. The summed E-state index contributed by atoms with van der Waals surface area (Å²) < 4.78 is 5.16. The molecule has 1 rings (SSSR count). The Hall–Kier alpha value is -2.28. The topological polar surface area (TPSA) is 70.3 Å². The van der Waals surface area contributed by atoms with E-state index in [9.17, 15) is 4.79 Å². The highest BCUT2D eigenvalue weighted by Gasteiger charge is 2.11. The van der Waals surface area contributed by atoms with Gasteiger partial charge in [-0.05, 0) is 42.7 Å². The number of allylic oxidation sites excluding steroid dienone is 1. The zero-order valence-electron chi connectivity index (χ0n) is 9.94. The average molecular weight is 231 g/mol. The maximum absolute atomic E-state index is 10.6. The fourth-order valence-electron chi connectivity index (χ4n) is 1.60. The number of ether oxygens (including phenoxy) is 1. The summed E-state index contributed by atoms with van der Waals surface area (Å²) in [6.07, 6.45) is 0.911. The SMILES string of the molecule is COc1ccc(C(C#N)=CC(=O)O)c(C)c1C. The van der Waals surface area contributed by atoms with Gasteiger partial charge in [0.2, 0.25) is 0 Å². The molecule has 0 aliphatic rings. The Bertz CT molecular complexity index is 524. The standard InChI is InChI=1S/C13H13NO3/c1-8-9(2)12(17-3)5-4-11(8)10(7-14)6-13(15)16/h4-6H,1-3H3,(H,15,16). The van der Waals surface area contributed by atoms with E-state index < -0.39 is 5.97 Å². The van der Waals surface area contributed by atoms with Crippen molar-refractivity contribution >= 4 is 11.5 Å². The van der Waals surface area contributed by atoms with Crippen LogP contribution in [0.5, 0.6) is 5.75 Å². The van der Waals surface area contributed by atoms with Crippen molar-refractivity contribution in [2.24, 2.45) is 0 Å². The van der Waals surface area contributed by atoms with Crippen LogP contribution in [0.1, 0.15) is 16.7 Å². The van der Waals surface area contributed by atoms with E-state index in [1.54, 1.807) is 19.2 Å². The Labute approximate surface area is 99.8 Å². The number of hydrogen-bond donors (Lipinski definition) is 1. The molecule has 4 heteroatoms. The first-order valence-corrected chi connectivity index (χ1v) is 5.00. The Morgan fingerprint density at radius 2 is 2.06 bits per heavy atom. The number of carboxylic acid groups (broad SMARTS) is 1. The van der Waals surface area contributed by atoms with E-state index in [0.29, 0.717) is 5.56 Å². The van der Waals surface area contributed by atoms with Crippen molar-refractivity contribution in [3.8, 4) is 11.8 Å². The molecule has 0 unspecified atom stereocenters. The number of rotatable bonds is 3. The number of nitrogens with zero attached hydrogens (tertiary/aromatic N) is 1. The molecule has 0 radical (unpaired) electrons. The zero-order chi connectivity index (χ0) is 13.0. The van der Waals surface area contributed by atoms with Crippen LogP contribution in [0, 0.1) is 25.2 Å². The fraction of sp³-hybridized carbons (Fsp3) is 0.231. The molecule has 0 bridgehead atoms. The summed E-state index contributed by atoms with van der Waals surface area (Å²) in [5.74, 6) is -0.409. The number of methoxy groups -OCH3 is 1. The van der Waals surface area contributed by atoms with Gasteiger partial charge in [0.05, 0.1) is 12.7 Å². The van der Waals surface area contributed by atoms with Crippen molar-refractivity contribution in [3.63, 3.8) is 0 Å². The average Bonchev–Trinajstić information content (AvgIpc) is 2.29. The molecule has 17 heavy (non-hydrogen) atoms. The zero-order valence-corrected chi connectivity index (χ0v) is 9.94. The van der Waals surface area contributed by atoms with Crippen molar-refractivity contribution in [2.45, 2.75) is 13.8 Å². The lowest BCUT2D eigenvalue weighted by atomic mass is 9.96. The second kappa shape index (κ2) is 5.17. The van der Waals surface area contributed by atoms with Crippen LogP contribution in [0.15, 0.2) is 18.2 Å². The third kappa shape index (κ3) is 2.64. The van der Waals surface area contributed by atoms with Gasteiger partial charge in [0, 0.05) is 6.08 Å². The van der Waals surface area contributed by atoms with Crippen LogP contribution < -0.4 is 4.74 Å². The summed E-state index contributed by atoms with van der Waals surface area (Å²) in [4.78, 5) is 10.6. The number of carboxylic acids is 1. The van der Waals surface area contributed by atoms with E-state index in [1.807, 2.05) is 19.9 Å². The van der Waals surface area contributed by atoms with Gasteiger partial charge in [-0.3, -0.25) is 0 Å². The van der Waals surface area contributed by atoms with Crippen molar-refractivity contribution in [2.75, 3.05) is 7.11 Å². The molecule has 4 nitrogen and oxygen atoms in total. The highest BCUT2D eigenvalue weighted by atomic mass is 16.5. The largest absolute Gasteiger partial charge is 0.496 e. The minimum absolute atomic E-state index is 0.140. The summed E-state index contributed by atoms with van der Waals surface area (Å²) >= 11 is 0. The third-order valence-corrected chi connectivity index (χ3v) is 2.64. The van der Waals surface area contributed by atoms with Gasteiger partial charge >= 0.3 is 5.97 Å². The molecule has 0 saturated heterocycles. The first-order valence-electron chi connectivity index (χ1n) is 5.00. The van der Waals surface area contributed by atoms with Crippen molar-refractivity contribution in [1.82, 2.24) is 0 Å². The number of nitriles is 1. The molecular weight excluding hydrogens is 218 g/mol. The van der Waals surface area contributed by atoms with Gasteiger partial charge in [0.15, 0.2) is 0 Å². The lowest BCUT2D eigenvalue weighted by molar-refractivity contribution is -0.131. The van der Waals surface area contributed by atoms with Crippen LogP contribution >= 0.6 is 0 Å². The fourth-order valence-corrected chi connectivity index (χ4v) is 1.60.